The molecule has 1 aromatic heterocycles. The molecule has 1 amide bonds. The van der Waals surface area contributed by atoms with Crippen LogP contribution >= 0.6 is 0 Å². The van der Waals surface area contributed by atoms with Gasteiger partial charge in [-0.25, -0.2) is 0 Å². The molecule has 2 heterocycles. The molecule has 0 radical (unpaired) electrons. The van der Waals surface area contributed by atoms with E-state index in [4.69, 9.17) is 0 Å². The Hall–Kier alpha value is -3.03. The molecule has 4 rings (SSSR count). The van der Waals surface area contributed by atoms with Crippen LogP contribution in [0.25, 0.3) is 10.9 Å². The van der Waals surface area contributed by atoms with E-state index in [0.717, 1.165) is 51.2 Å². The van der Waals surface area contributed by atoms with Crippen molar-refractivity contribution in [2.45, 2.75) is 25.9 Å². The van der Waals surface area contributed by atoms with E-state index in [1.807, 2.05) is 18.2 Å². The lowest BCUT2D eigenvalue weighted by atomic mass is 10.2. The molecular weight excluding hydrogens is 402 g/mol. The van der Waals surface area contributed by atoms with Crippen molar-refractivity contribution in [3.63, 3.8) is 0 Å². The van der Waals surface area contributed by atoms with Crippen LogP contribution in [0.3, 0.4) is 0 Å². The van der Waals surface area contributed by atoms with E-state index in [1.54, 1.807) is 10.7 Å². The Morgan fingerprint density at radius 2 is 1.62 bits per heavy atom. The van der Waals surface area contributed by atoms with Crippen LogP contribution in [0.5, 0.6) is 0 Å². The highest BCUT2D eigenvalue weighted by molar-refractivity contribution is 5.79. The molecule has 7 heteroatoms. The number of nitrogens with one attached hydrogen (secondary N) is 1. The Labute approximate surface area is 188 Å². The van der Waals surface area contributed by atoms with Gasteiger partial charge in [-0.3, -0.25) is 19.2 Å². The average molecular weight is 434 g/mol. The van der Waals surface area contributed by atoms with Gasteiger partial charge in [0.15, 0.2) is 0 Å². The lowest BCUT2D eigenvalue weighted by Crippen LogP contribution is -2.46. The van der Waals surface area contributed by atoms with E-state index in [2.05, 4.69) is 50.5 Å². The van der Waals surface area contributed by atoms with Gasteiger partial charge in [0.25, 0.3) is 0 Å². The fraction of sp³-hybridized carbons (Fsp3) is 0.400. The maximum Gasteiger partial charge on any atom is 0.221 e. The minimum atomic E-state index is -0.0952. The molecule has 3 aromatic rings. The van der Waals surface area contributed by atoms with E-state index >= 15 is 0 Å². The molecule has 1 fully saturated rings. The van der Waals surface area contributed by atoms with Gasteiger partial charge in [-0.05, 0) is 30.7 Å². The molecule has 168 valence electrons. The van der Waals surface area contributed by atoms with Gasteiger partial charge >= 0.3 is 0 Å². The number of para-hydroxylation sites is 1. The van der Waals surface area contributed by atoms with Crippen molar-refractivity contribution >= 4 is 16.8 Å². The third-order valence-corrected chi connectivity index (χ3v) is 6.00. The average Bonchev–Trinajstić information content (AvgIpc) is 2.83. The van der Waals surface area contributed by atoms with Gasteiger partial charge in [-0.15, -0.1) is 0 Å². The number of amides is 1. The molecule has 0 unspecified atom stereocenters. The third-order valence-electron chi connectivity index (χ3n) is 6.00. The molecule has 0 atom stereocenters. The van der Waals surface area contributed by atoms with Crippen LogP contribution in [0, 0.1) is 0 Å². The van der Waals surface area contributed by atoms with Gasteiger partial charge < -0.3 is 10.2 Å². The predicted octanol–water partition coefficient (Wildman–Crippen LogP) is 2.11. The minimum Gasteiger partial charge on any atom is -0.356 e. The van der Waals surface area contributed by atoms with Crippen LogP contribution in [0.2, 0.25) is 0 Å². The summed E-state index contributed by atoms with van der Waals surface area (Å²) in [7, 11) is 0. The van der Waals surface area contributed by atoms with Crippen molar-refractivity contribution in [2.75, 3.05) is 39.3 Å². The third kappa shape index (κ3) is 6.02. The Morgan fingerprint density at radius 3 is 2.44 bits per heavy atom. The number of benzene rings is 2. The summed E-state index contributed by atoms with van der Waals surface area (Å²) in [6, 6.07) is 18.0. The monoisotopic (exact) mass is 433 g/mol. The number of carbonyl (C=O) groups is 1. The molecule has 2 aromatic carbocycles. The first-order valence-corrected chi connectivity index (χ1v) is 11.4. The second-order valence-corrected chi connectivity index (χ2v) is 8.31. The van der Waals surface area contributed by atoms with E-state index < -0.39 is 0 Å². The summed E-state index contributed by atoms with van der Waals surface area (Å²) in [5.41, 5.74) is 2.04. The van der Waals surface area contributed by atoms with Crippen LogP contribution < -0.4 is 10.7 Å². The first-order valence-electron chi connectivity index (χ1n) is 11.4. The zero-order valence-electron chi connectivity index (χ0n) is 18.4. The highest BCUT2D eigenvalue weighted by Gasteiger charge is 2.16. The fourth-order valence-corrected chi connectivity index (χ4v) is 4.18. The van der Waals surface area contributed by atoms with Crippen molar-refractivity contribution in [1.82, 2.24) is 24.9 Å². The van der Waals surface area contributed by atoms with Gasteiger partial charge in [0.05, 0.1) is 18.3 Å². The zero-order valence-corrected chi connectivity index (χ0v) is 18.4. The number of aromatic nitrogens is 2. The van der Waals surface area contributed by atoms with E-state index in [-0.39, 0.29) is 11.3 Å². The van der Waals surface area contributed by atoms with Gasteiger partial charge in [0.1, 0.15) is 0 Å². The van der Waals surface area contributed by atoms with Gasteiger partial charge in [0, 0.05) is 51.1 Å². The number of hydrogen-bond acceptors (Lipinski definition) is 5. The van der Waals surface area contributed by atoms with Gasteiger partial charge in [0.2, 0.25) is 11.3 Å². The molecule has 0 bridgehead atoms. The smallest absolute Gasteiger partial charge is 0.221 e. The SMILES string of the molecule is O=C(CCn1ncc(=O)c2ccccc21)NCCCN1CCN(Cc2ccccc2)CC1. The van der Waals surface area contributed by atoms with Crippen LogP contribution in [0.1, 0.15) is 18.4 Å². The van der Waals surface area contributed by atoms with Crippen LogP contribution in [-0.4, -0.2) is 64.8 Å². The molecule has 0 spiro atoms. The number of hydrogen-bond donors (Lipinski definition) is 1. The fourth-order valence-electron chi connectivity index (χ4n) is 4.18. The molecule has 32 heavy (non-hydrogen) atoms. The van der Waals surface area contributed by atoms with E-state index in [0.29, 0.717) is 24.9 Å². The van der Waals surface area contributed by atoms with E-state index in [1.165, 1.54) is 11.8 Å². The second-order valence-electron chi connectivity index (χ2n) is 8.31. The van der Waals surface area contributed by atoms with E-state index in [9.17, 15) is 9.59 Å². The largest absolute Gasteiger partial charge is 0.356 e. The molecule has 1 aliphatic rings. The Kier molecular flexibility index (Phi) is 7.64. The highest BCUT2D eigenvalue weighted by atomic mass is 16.1. The Morgan fingerprint density at radius 1 is 0.906 bits per heavy atom. The van der Waals surface area contributed by atoms with Gasteiger partial charge in [-0.1, -0.05) is 42.5 Å². The summed E-state index contributed by atoms with van der Waals surface area (Å²) in [5.74, 6) is 0.0160. The molecule has 1 saturated heterocycles. The molecule has 0 saturated carbocycles. The lowest BCUT2D eigenvalue weighted by molar-refractivity contribution is -0.121. The standard InChI is InChI=1S/C25H31N5O2/c31-24-19-27-30(23-10-5-4-9-22(23)24)14-11-25(32)26-12-6-13-28-15-17-29(18-16-28)20-21-7-2-1-3-8-21/h1-5,7-10,19H,6,11-18,20H2,(H,26,32). The zero-order chi connectivity index (χ0) is 22.2. The first kappa shape index (κ1) is 22.2. The van der Waals surface area contributed by atoms with Crippen molar-refractivity contribution in [2.24, 2.45) is 0 Å². The van der Waals surface area contributed by atoms with Crippen molar-refractivity contribution in [3.8, 4) is 0 Å². The summed E-state index contributed by atoms with van der Waals surface area (Å²) in [5, 5.41) is 7.83. The number of piperazine rings is 1. The normalized spacial score (nSPS) is 15.1. The van der Waals surface area contributed by atoms with Crippen molar-refractivity contribution < 1.29 is 4.79 Å². The Balaban J connectivity index is 1.12. The number of aryl methyl sites for hydroxylation is 1. The highest BCUT2D eigenvalue weighted by Crippen LogP contribution is 2.09. The number of carbonyl (C=O) groups excluding carboxylic acids is 1. The number of fused-ring (bicyclic) bond motifs is 1. The van der Waals surface area contributed by atoms with Gasteiger partial charge in [-0.2, -0.15) is 5.10 Å². The maximum absolute atomic E-state index is 12.3. The van der Waals surface area contributed by atoms with Crippen LogP contribution in [0.15, 0.2) is 65.6 Å². The summed E-state index contributed by atoms with van der Waals surface area (Å²) < 4.78 is 1.73. The molecular formula is C25H31N5O2. The summed E-state index contributed by atoms with van der Waals surface area (Å²) in [6.45, 7) is 7.48. The van der Waals surface area contributed by atoms with Crippen LogP contribution in [-0.2, 0) is 17.9 Å². The summed E-state index contributed by atoms with van der Waals surface area (Å²) in [4.78, 5) is 29.1. The second kappa shape index (κ2) is 11.0. The molecule has 1 aliphatic heterocycles. The number of nitrogens with zero attached hydrogens (tertiary/aromatic N) is 4. The van der Waals surface area contributed by atoms with Crippen molar-refractivity contribution in [3.05, 3.63) is 76.6 Å². The lowest BCUT2D eigenvalue weighted by Gasteiger charge is -2.34. The minimum absolute atomic E-state index is 0.0160. The Bertz CT molecular complexity index is 1070. The van der Waals surface area contributed by atoms with Crippen LogP contribution in [0.4, 0.5) is 0 Å². The summed E-state index contributed by atoms with van der Waals surface area (Å²) >= 11 is 0. The number of rotatable bonds is 9. The topological polar surface area (TPSA) is 70.5 Å². The molecule has 7 nitrogen and oxygen atoms in total. The predicted molar refractivity (Wildman–Crippen MR) is 126 cm³/mol. The maximum atomic E-state index is 12.3. The quantitative estimate of drug-likeness (QED) is 0.524. The van der Waals surface area contributed by atoms with Crippen molar-refractivity contribution in [1.29, 1.82) is 0 Å². The first-order chi connectivity index (χ1) is 15.7. The molecule has 0 aliphatic carbocycles. The summed E-state index contributed by atoms with van der Waals surface area (Å²) in [6.07, 6.45) is 2.61. The molecule has 1 N–H and O–H groups in total.